The summed E-state index contributed by atoms with van der Waals surface area (Å²) in [6, 6.07) is 11.9. The predicted molar refractivity (Wildman–Crippen MR) is 68.4 cm³/mol. The molecule has 2 aromatic rings. The molecule has 16 heavy (non-hydrogen) atoms. The van der Waals surface area contributed by atoms with Gasteiger partial charge in [0, 0.05) is 4.90 Å². The van der Waals surface area contributed by atoms with E-state index < -0.39 is 0 Å². The van der Waals surface area contributed by atoms with Gasteiger partial charge in [0.25, 0.3) is 0 Å². The molecule has 4 N–H and O–H groups in total. The number of nitrogens with two attached hydrogens (primary N) is 2. The fraction of sp³-hybridized carbons (Fsp3) is 0.0833. The van der Waals surface area contributed by atoms with Crippen molar-refractivity contribution in [2.24, 2.45) is 0 Å². The second kappa shape index (κ2) is 4.45. The van der Waals surface area contributed by atoms with Crippen LogP contribution in [0.25, 0.3) is 0 Å². The summed E-state index contributed by atoms with van der Waals surface area (Å²) in [5.41, 5.74) is 13.5. The van der Waals surface area contributed by atoms with E-state index in [-0.39, 0.29) is 0 Å². The number of anilines is 2. The Kier molecular flexibility index (Phi) is 3.01. The Morgan fingerprint density at radius 1 is 1.12 bits per heavy atom. The quantitative estimate of drug-likeness (QED) is 0.834. The van der Waals surface area contributed by atoms with Crippen molar-refractivity contribution >= 4 is 23.1 Å². The van der Waals surface area contributed by atoms with E-state index >= 15 is 0 Å². The second-order valence-corrected chi connectivity index (χ2v) is 4.56. The SMILES string of the molecule is Cc1nc(Sc2ccccc2)cc(N)c1N. The van der Waals surface area contributed by atoms with Gasteiger partial charge in [-0.25, -0.2) is 4.98 Å². The number of hydrogen-bond donors (Lipinski definition) is 2. The van der Waals surface area contributed by atoms with Crippen LogP contribution in [0, 0.1) is 6.92 Å². The van der Waals surface area contributed by atoms with Crippen molar-refractivity contribution in [1.82, 2.24) is 4.98 Å². The summed E-state index contributed by atoms with van der Waals surface area (Å²) >= 11 is 1.58. The van der Waals surface area contributed by atoms with Gasteiger partial charge >= 0.3 is 0 Å². The van der Waals surface area contributed by atoms with Gasteiger partial charge in [0.05, 0.1) is 17.1 Å². The lowest BCUT2D eigenvalue weighted by atomic mass is 10.3. The summed E-state index contributed by atoms with van der Waals surface area (Å²) in [5, 5.41) is 0.871. The summed E-state index contributed by atoms with van der Waals surface area (Å²) in [4.78, 5) is 5.52. The smallest absolute Gasteiger partial charge is 0.103 e. The first-order chi connectivity index (χ1) is 7.66. The maximum Gasteiger partial charge on any atom is 0.103 e. The summed E-state index contributed by atoms with van der Waals surface area (Å²) in [6.45, 7) is 1.86. The molecule has 0 amide bonds. The zero-order valence-electron chi connectivity index (χ0n) is 8.97. The molecule has 0 aliphatic carbocycles. The number of nitrogens with zero attached hydrogens (tertiary/aromatic N) is 1. The van der Waals surface area contributed by atoms with E-state index in [1.807, 2.05) is 37.3 Å². The average Bonchev–Trinajstić information content (AvgIpc) is 2.27. The molecule has 0 saturated carbocycles. The molecule has 1 aromatic carbocycles. The van der Waals surface area contributed by atoms with Gasteiger partial charge in [0.15, 0.2) is 0 Å². The third-order valence-electron chi connectivity index (χ3n) is 2.22. The van der Waals surface area contributed by atoms with Crippen LogP contribution in [-0.2, 0) is 0 Å². The van der Waals surface area contributed by atoms with Crippen molar-refractivity contribution in [1.29, 1.82) is 0 Å². The lowest BCUT2D eigenvalue weighted by Gasteiger charge is -2.07. The van der Waals surface area contributed by atoms with Gasteiger partial charge in [0.2, 0.25) is 0 Å². The Bertz CT molecular complexity index is 474. The highest BCUT2D eigenvalue weighted by molar-refractivity contribution is 7.99. The van der Waals surface area contributed by atoms with Crippen LogP contribution in [0.4, 0.5) is 11.4 Å². The zero-order chi connectivity index (χ0) is 11.5. The van der Waals surface area contributed by atoms with E-state index in [0.29, 0.717) is 11.4 Å². The van der Waals surface area contributed by atoms with Crippen LogP contribution in [0.15, 0.2) is 46.3 Å². The summed E-state index contributed by atoms with van der Waals surface area (Å²) in [6.07, 6.45) is 0. The second-order valence-electron chi connectivity index (χ2n) is 3.46. The van der Waals surface area contributed by atoms with Crippen molar-refractivity contribution in [3.8, 4) is 0 Å². The lowest BCUT2D eigenvalue weighted by molar-refractivity contribution is 1.07. The van der Waals surface area contributed by atoms with Crippen LogP contribution in [0.1, 0.15) is 5.69 Å². The molecule has 0 aliphatic heterocycles. The standard InChI is InChI=1S/C12H13N3S/c1-8-12(14)10(13)7-11(15-8)16-9-5-3-2-4-6-9/h2-7H,14H2,1H3,(H2,13,15). The Labute approximate surface area is 98.9 Å². The minimum absolute atomic E-state index is 0.567. The van der Waals surface area contributed by atoms with Crippen LogP contribution < -0.4 is 11.5 Å². The molecule has 82 valence electrons. The van der Waals surface area contributed by atoms with Crippen molar-refractivity contribution in [2.75, 3.05) is 11.5 Å². The maximum absolute atomic E-state index is 5.80. The molecule has 2 rings (SSSR count). The number of aromatic nitrogens is 1. The van der Waals surface area contributed by atoms with Crippen molar-refractivity contribution in [3.63, 3.8) is 0 Å². The molecule has 0 fully saturated rings. The molecule has 0 aliphatic rings. The number of benzene rings is 1. The molecule has 0 spiro atoms. The van der Waals surface area contributed by atoms with E-state index in [4.69, 9.17) is 11.5 Å². The minimum Gasteiger partial charge on any atom is -0.397 e. The monoisotopic (exact) mass is 231 g/mol. The van der Waals surface area contributed by atoms with Crippen molar-refractivity contribution in [3.05, 3.63) is 42.1 Å². The van der Waals surface area contributed by atoms with E-state index in [1.54, 1.807) is 17.8 Å². The van der Waals surface area contributed by atoms with Crippen LogP contribution in [-0.4, -0.2) is 4.98 Å². The molecule has 0 bridgehead atoms. The van der Waals surface area contributed by atoms with Crippen LogP contribution >= 0.6 is 11.8 Å². The highest BCUT2D eigenvalue weighted by atomic mass is 32.2. The number of aryl methyl sites for hydroxylation is 1. The Hall–Kier alpha value is -1.68. The molecular formula is C12H13N3S. The third-order valence-corrected chi connectivity index (χ3v) is 3.15. The largest absolute Gasteiger partial charge is 0.397 e. The summed E-state index contributed by atoms with van der Waals surface area (Å²) in [5.74, 6) is 0. The van der Waals surface area contributed by atoms with E-state index in [0.717, 1.165) is 15.6 Å². The van der Waals surface area contributed by atoms with Gasteiger partial charge < -0.3 is 11.5 Å². The topological polar surface area (TPSA) is 64.9 Å². The summed E-state index contributed by atoms with van der Waals surface area (Å²) in [7, 11) is 0. The number of nitrogen functional groups attached to an aromatic ring is 2. The normalized spacial score (nSPS) is 10.3. The fourth-order valence-corrected chi connectivity index (χ4v) is 2.24. The first-order valence-electron chi connectivity index (χ1n) is 4.92. The fourth-order valence-electron chi connectivity index (χ4n) is 1.34. The van der Waals surface area contributed by atoms with Crippen molar-refractivity contribution in [2.45, 2.75) is 16.8 Å². The summed E-state index contributed by atoms with van der Waals surface area (Å²) < 4.78 is 0. The highest BCUT2D eigenvalue weighted by Gasteiger charge is 2.05. The van der Waals surface area contributed by atoms with Gasteiger partial charge in [-0.15, -0.1) is 0 Å². The van der Waals surface area contributed by atoms with Gasteiger partial charge in [0.1, 0.15) is 5.03 Å². The molecule has 4 heteroatoms. The average molecular weight is 231 g/mol. The molecule has 0 radical (unpaired) electrons. The molecule has 0 unspecified atom stereocenters. The lowest BCUT2D eigenvalue weighted by Crippen LogP contribution is -2.00. The number of pyridine rings is 1. The van der Waals surface area contributed by atoms with E-state index in [1.165, 1.54) is 0 Å². The molecule has 0 saturated heterocycles. The Morgan fingerprint density at radius 3 is 2.44 bits per heavy atom. The van der Waals surface area contributed by atoms with Crippen LogP contribution in [0.3, 0.4) is 0 Å². The zero-order valence-corrected chi connectivity index (χ0v) is 9.79. The van der Waals surface area contributed by atoms with Gasteiger partial charge in [-0.05, 0) is 25.1 Å². The Balaban J connectivity index is 2.29. The first-order valence-corrected chi connectivity index (χ1v) is 5.74. The Morgan fingerprint density at radius 2 is 1.81 bits per heavy atom. The number of hydrogen-bond acceptors (Lipinski definition) is 4. The third kappa shape index (κ3) is 2.28. The van der Waals surface area contributed by atoms with Gasteiger partial charge in [-0.2, -0.15) is 0 Å². The van der Waals surface area contributed by atoms with Gasteiger partial charge in [-0.3, -0.25) is 0 Å². The highest BCUT2D eigenvalue weighted by Crippen LogP contribution is 2.29. The predicted octanol–water partition coefficient (Wildman–Crippen LogP) is 2.71. The first kappa shape index (κ1) is 10.8. The van der Waals surface area contributed by atoms with E-state index in [2.05, 4.69) is 4.98 Å². The molecule has 0 atom stereocenters. The maximum atomic E-state index is 5.80. The molecule has 3 nitrogen and oxygen atoms in total. The van der Waals surface area contributed by atoms with Crippen LogP contribution in [0.2, 0.25) is 0 Å². The molecule has 1 heterocycles. The van der Waals surface area contributed by atoms with Crippen LogP contribution in [0.5, 0.6) is 0 Å². The van der Waals surface area contributed by atoms with Gasteiger partial charge in [-0.1, -0.05) is 30.0 Å². The minimum atomic E-state index is 0.567. The molecular weight excluding hydrogens is 218 g/mol. The van der Waals surface area contributed by atoms with Crippen molar-refractivity contribution < 1.29 is 0 Å². The molecule has 1 aromatic heterocycles. The number of rotatable bonds is 2. The van der Waals surface area contributed by atoms with E-state index in [9.17, 15) is 0 Å².